The van der Waals surface area contributed by atoms with E-state index in [0.717, 1.165) is 17.3 Å². The van der Waals surface area contributed by atoms with Crippen molar-refractivity contribution in [2.75, 3.05) is 37.9 Å². The first-order chi connectivity index (χ1) is 24.0. The van der Waals surface area contributed by atoms with E-state index >= 15 is 0 Å². The molecule has 262 valence electrons. The number of hydrogen-bond donors (Lipinski definition) is 0. The fourth-order valence-corrected chi connectivity index (χ4v) is 7.17. The number of anilines is 1. The molecule has 2 amide bonds. The molecule has 1 aliphatic rings. The third-order valence-corrected chi connectivity index (χ3v) is 9.62. The van der Waals surface area contributed by atoms with Crippen molar-refractivity contribution in [3.05, 3.63) is 122 Å². The lowest BCUT2D eigenvalue weighted by Gasteiger charge is -2.26. The number of para-hydroxylation sites is 1. The Hall–Kier alpha value is -4.72. The molecule has 15 heteroatoms. The predicted octanol–water partition coefficient (Wildman–Crippen LogP) is 6.60. The smallest absolute Gasteiger partial charge is 0.414 e. The number of methoxy groups -OCH3 is 3. The second-order valence-corrected chi connectivity index (χ2v) is 12.8. The van der Waals surface area contributed by atoms with Gasteiger partial charge in [0.15, 0.2) is 23.9 Å². The molecular formula is C35H32Cl2FN3O8S. The number of pyridine rings is 1. The molecule has 0 radical (unpaired) electrons. The van der Waals surface area contributed by atoms with Crippen LogP contribution in [0.5, 0.6) is 11.5 Å². The maximum absolute atomic E-state index is 14.6. The van der Waals surface area contributed by atoms with Gasteiger partial charge in [0.1, 0.15) is 28.0 Å². The highest BCUT2D eigenvalue weighted by molar-refractivity contribution is 7.99. The molecule has 50 heavy (non-hydrogen) atoms. The van der Waals surface area contributed by atoms with E-state index in [0.29, 0.717) is 32.9 Å². The number of rotatable bonds is 11. The van der Waals surface area contributed by atoms with Crippen LogP contribution in [0.15, 0.2) is 79.1 Å². The molecule has 3 aromatic carbocycles. The summed E-state index contributed by atoms with van der Waals surface area (Å²) < 4.78 is 36.9. The Labute approximate surface area is 302 Å². The quantitative estimate of drug-likeness (QED) is 0.0951. The van der Waals surface area contributed by atoms with Crippen LogP contribution in [0.25, 0.3) is 0 Å². The average Bonchev–Trinajstić information content (AvgIpc) is 3.61. The molecule has 2 atom stereocenters. The Morgan fingerprint density at radius 2 is 1.72 bits per heavy atom. The van der Waals surface area contributed by atoms with E-state index in [1.54, 1.807) is 48.5 Å². The third-order valence-electron chi connectivity index (χ3n) is 7.95. The van der Waals surface area contributed by atoms with Crippen molar-refractivity contribution in [1.82, 2.24) is 4.90 Å². The van der Waals surface area contributed by atoms with Crippen LogP contribution in [-0.2, 0) is 27.2 Å². The zero-order valence-electron chi connectivity index (χ0n) is 27.1. The number of aromatic nitrogens is 1. The van der Waals surface area contributed by atoms with Gasteiger partial charge in [0.05, 0.1) is 39.4 Å². The van der Waals surface area contributed by atoms with E-state index in [-0.39, 0.29) is 45.9 Å². The lowest BCUT2D eigenvalue weighted by atomic mass is 10.0. The Bertz CT molecular complexity index is 1880. The minimum atomic E-state index is -0.951. The lowest BCUT2D eigenvalue weighted by Crippen LogP contribution is -2.43. The predicted molar refractivity (Wildman–Crippen MR) is 186 cm³/mol. The molecule has 5 rings (SSSR count). The van der Waals surface area contributed by atoms with Gasteiger partial charge in [0.25, 0.3) is 5.91 Å². The van der Waals surface area contributed by atoms with E-state index in [2.05, 4.69) is 0 Å². The fourth-order valence-electron chi connectivity index (χ4n) is 5.43. The summed E-state index contributed by atoms with van der Waals surface area (Å²) in [5, 5.41) is 12.1. The molecule has 11 nitrogen and oxygen atoms in total. The highest BCUT2D eigenvalue weighted by Crippen LogP contribution is 2.36. The van der Waals surface area contributed by atoms with Crippen LogP contribution in [0.1, 0.15) is 33.2 Å². The molecule has 0 bridgehead atoms. The number of nitrogens with zero attached hydrogens (tertiary/aromatic N) is 3. The van der Waals surface area contributed by atoms with Crippen molar-refractivity contribution in [1.29, 1.82) is 0 Å². The maximum atomic E-state index is 14.6. The first kappa shape index (κ1) is 36.6. The monoisotopic (exact) mass is 743 g/mol. The van der Waals surface area contributed by atoms with Gasteiger partial charge in [-0.15, -0.1) is 11.8 Å². The number of esters is 1. The SMILES string of the molecule is COC(=O)N(Cc1cccc(C(=O)N2CSC[C@H]2C(=O)O[C@@H](Cc2c(Cl)c[n+]([O-])cc2Cl)c2ccc(OC)c(OC)c2)c1)c1ccccc1F. The standard InChI is InChI=1S/C35H32Cl2FN3O8S/c1-46-30-12-11-22(14-32(30)47-2)31(15-24-25(36)17-39(45)18-26(24)37)49-34(43)29-19-50-20-41(29)33(42)23-8-6-7-21(13-23)16-40(35(44)48-3)28-10-5-4-9-27(28)38/h4-14,17-18,29,31H,15-16,19-20H2,1-3H3/t29-,31-/m0/s1. The van der Waals surface area contributed by atoms with Gasteiger partial charge in [-0.2, -0.15) is 4.73 Å². The summed E-state index contributed by atoms with van der Waals surface area (Å²) in [7, 11) is 4.16. The molecule has 1 aromatic heterocycles. The van der Waals surface area contributed by atoms with Crippen LogP contribution < -0.4 is 19.1 Å². The van der Waals surface area contributed by atoms with Gasteiger partial charge in [-0.3, -0.25) is 9.69 Å². The minimum Gasteiger partial charge on any atom is -0.619 e. The van der Waals surface area contributed by atoms with E-state index < -0.39 is 35.9 Å². The number of benzene rings is 3. The molecule has 0 unspecified atom stereocenters. The summed E-state index contributed by atoms with van der Waals surface area (Å²) in [4.78, 5) is 42.9. The zero-order chi connectivity index (χ0) is 35.9. The number of thioether (sulfide) groups is 1. The minimum absolute atomic E-state index is 0.00822. The first-order valence-electron chi connectivity index (χ1n) is 15.1. The summed E-state index contributed by atoms with van der Waals surface area (Å²) in [5.41, 5.74) is 1.72. The summed E-state index contributed by atoms with van der Waals surface area (Å²) in [6, 6.07) is 16.4. The molecule has 0 saturated carbocycles. The van der Waals surface area contributed by atoms with E-state index in [9.17, 15) is 24.0 Å². The molecule has 2 heterocycles. The van der Waals surface area contributed by atoms with Crippen LogP contribution >= 0.6 is 35.0 Å². The van der Waals surface area contributed by atoms with Crippen molar-refractivity contribution in [2.24, 2.45) is 0 Å². The van der Waals surface area contributed by atoms with E-state index in [4.69, 9.17) is 42.1 Å². The summed E-state index contributed by atoms with van der Waals surface area (Å²) in [6.07, 6.45) is 0.584. The number of ether oxygens (including phenoxy) is 4. The average molecular weight is 745 g/mol. The molecule has 0 N–H and O–H groups in total. The summed E-state index contributed by atoms with van der Waals surface area (Å²) in [6.45, 7) is -0.0844. The van der Waals surface area contributed by atoms with Gasteiger partial charge in [-0.1, -0.05) is 53.5 Å². The van der Waals surface area contributed by atoms with Crippen molar-refractivity contribution in [3.63, 3.8) is 0 Å². The molecule has 0 spiro atoms. The van der Waals surface area contributed by atoms with Crippen molar-refractivity contribution >= 4 is 58.6 Å². The van der Waals surface area contributed by atoms with Gasteiger partial charge in [0, 0.05) is 23.3 Å². The molecular weight excluding hydrogens is 712 g/mol. The van der Waals surface area contributed by atoms with Gasteiger partial charge >= 0.3 is 12.1 Å². The second-order valence-electron chi connectivity index (χ2n) is 11.0. The van der Waals surface area contributed by atoms with Gasteiger partial charge < -0.3 is 29.1 Å². The Morgan fingerprint density at radius 3 is 2.40 bits per heavy atom. The zero-order valence-corrected chi connectivity index (χ0v) is 29.5. The Kier molecular flexibility index (Phi) is 11.9. The van der Waals surface area contributed by atoms with Crippen LogP contribution in [0.4, 0.5) is 14.9 Å². The topological polar surface area (TPSA) is 122 Å². The van der Waals surface area contributed by atoms with E-state index in [1.807, 2.05) is 0 Å². The van der Waals surface area contributed by atoms with E-state index in [1.165, 1.54) is 56.2 Å². The largest absolute Gasteiger partial charge is 0.619 e. The van der Waals surface area contributed by atoms with Crippen LogP contribution in [0.2, 0.25) is 10.0 Å². The second kappa shape index (κ2) is 16.3. The van der Waals surface area contributed by atoms with Gasteiger partial charge in [-0.25, -0.2) is 14.0 Å². The number of carbonyl (C=O) groups is 3. The van der Waals surface area contributed by atoms with Crippen molar-refractivity contribution in [3.8, 4) is 11.5 Å². The Balaban J connectivity index is 1.39. The van der Waals surface area contributed by atoms with Gasteiger partial charge in [-0.05, 0) is 47.5 Å². The third kappa shape index (κ3) is 8.18. The van der Waals surface area contributed by atoms with Crippen LogP contribution in [0, 0.1) is 11.0 Å². The number of hydrogen-bond acceptors (Lipinski definition) is 9. The van der Waals surface area contributed by atoms with Crippen LogP contribution in [0.3, 0.4) is 0 Å². The molecule has 4 aromatic rings. The number of amides is 2. The number of carbonyl (C=O) groups excluding carboxylic acids is 3. The van der Waals surface area contributed by atoms with Gasteiger partial charge in [0.2, 0.25) is 0 Å². The maximum Gasteiger partial charge on any atom is 0.414 e. The number of halogens is 3. The molecule has 1 fully saturated rings. The van der Waals surface area contributed by atoms with Crippen LogP contribution in [-0.4, -0.2) is 61.9 Å². The van der Waals surface area contributed by atoms with Crippen molar-refractivity contribution < 1.29 is 42.5 Å². The highest BCUT2D eigenvalue weighted by atomic mass is 35.5. The summed E-state index contributed by atoms with van der Waals surface area (Å²) >= 11 is 14.2. The Morgan fingerprint density at radius 1 is 1.00 bits per heavy atom. The normalized spacial score (nSPS) is 14.5. The first-order valence-corrected chi connectivity index (χ1v) is 17.0. The lowest BCUT2D eigenvalue weighted by molar-refractivity contribution is -0.605. The van der Waals surface area contributed by atoms with Crippen molar-refractivity contribution in [2.45, 2.75) is 25.1 Å². The molecule has 1 aliphatic heterocycles. The highest BCUT2D eigenvalue weighted by Gasteiger charge is 2.38. The summed E-state index contributed by atoms with van der Waals surface area (Å²) in [5.74, 6) is -0.383. The molecule has 0 aliphatic carbocycles. The fraction of sp³-hybridized carbons (Fsp3) is 0.257. The molecule has 1 saturated heterocycles.